The van der Waals surface area contributed by atoms with Crippen molar-refractivity contribution in [2.45, 2.75) is 78.3 Å². The third-order valence-electron chi connectivity index (χ3n) is 11.6. The van der Waals surface area contributed by atoms with Crippen LogP contribution in [0, 0.1) is 33.5 Å². The van der Waals surface area contributed by atoms with E-state index in [1.165, 1.54) is 0 Å². The molecule has 2 amide bonds. The number of carbonyl (C=O) groups is 2. The lowest BCUT2D eigenvalue weighted by atomic mass is 9.69. The first-order valence-electron chi connectivity index (χ1n) is 12.4. The SMILES string of the molecule is CC1(C)C2CCC13CS(=O)(=O)N(C(=O)C=CC(=O)N1[C@@H]4CC5CCC4(CS1(=O)=O)C5(C)C)[C@@H]3C2. The molecule has 2 aliphatic heterocycles. The van der Waals surface area contributed by atoms with Crippen molar-refractivity contribution in [3.63, 3.8) is 0 Å². The van der Waals surface area contributed by atoms with Crippen LogP contribution in [0.15, 0.2) is 12.2 Å². The van der Waals surface area contributed by atoms with Gasteiger partial charge in [-0.3, -0.25) is 9.59 Å². The molecule has 6 aliphatic rings. The van der Waals surface area contributed by atoms with Crippen molar-refractivity contribution in [2.24, 2.45) is 33.5 Å². The number of amides is 2. The normalized spacial score (nSPS) is 45.8. The van der Waals surface area contributed by atoms with Crippen molar-refractivity contribution in [3.05, 3.63) is 12.2 Å². The number of sulfonamides is 2. The summed E-state index contributed by atoms with van der Waals surface area (Å²) in [5, 5.41) is 0. The summed E-state index contributed by atoms with van der Waals surface area (Å²) < 4.78 is 54.3. The van der Waals surface area contributed by atoms with E-state index in [9.17, 15) is 26.4 Å². The molecule has 4 aliphatic carbocycles. The zero-order chi connectivity index (χ0) is 24.7. The Morgan fingerprint density at radius 2 is 1.06 bits per heavy atom. The third-order valence-corrected chi connectivity index (χ3v) is 15.5. The highest BCUT2D eigenvalue weighted by molar-refractivity contribution is 7.90. The number of nitrogens with zero attached hydrogens (tertiary/aromatic N) is 2. The van der Waals surface area contributed by atoms with E-state index in [4.69, 9.17) is 0 Å². The average Bonchev–Trinajstić information content (AvgIpc) is 3.40. The second-order valence-electron chi connectivity index (χ2n) is 12.8. The highest BCUT2D eigenvalue weighted by Gasteiger charge is 2.73. The van der Waals surface area contributed by atoms with E-state index >= 15 is 0 Å². The molecule has 6 fully saturated rings. The Morgan fingerprint density at radius 3 is 1.38 bits per heavy atom. The number of rotatable bonds is 2. The molecule has 2 saturated heterocycles. The van der Waals surface area contributed by atoms with Gasteiger partial charge in [0.2, 0.25) is 20.0 Å². The molecule has 6 atom stereocenters. The highest BCUT2D eigenvalue weighted by atomic mass is 32.2. The Balaban J connectivity index is 1.27. The summed E-state index contributed by atoms with van der Waals surface area (Å²) in [5.74, 6) is -0.801. The summed E-state index contributed by atoms with van der Waals surface area (Å²) in [5.41, 5.74) is -1.20. The van der Waals surface area contributed by atoms with Crippen LogP contribution in [0.5, 0.6) is 0 Å². The standard InChI is InChI=1S/C24H34N2O6S2/c1-21(2)15-7-9-23(21)13-33(29,30)25(17(23)11-15)19(27)5-6-20(28)26-18-12-16-8-10-24(18,22(16,3)4)14-34(26,31)32/h5-6,15-18H,7-14H2,1-4H3/t15?,16?,17-,18-,23?,24?/m1/s1. The monoisotopic (exact) mass is 510 g/mol. The van der Waals surface area contributed by atoms with Gasteiger partial charge in [0.1, 0.15) is 0 Å². The molecule has 0 aromatic rings. The Hall–Kier alpha value is -1.42. The smallest absolute Gasteiger partial charge is 0.260 e. The van der Waals surface area contributed by atoms with Gasteiger partial charge in [-0.05, 0) is 61.2 Å². The van der Waals surface area contributed by atoms with Gasteiger partial charge in [-0.15, -0.1) is 0 Å². The quantitative estimate of drug-likeness (QED) is 0.527. The molecule has 2 heterocycles. The Labute approximate surface area is 202 Å². The van der Waals surface area contributed by atoms with E-state index in [-0.39, 0.29) is 34.4 Å². The second-order valence-corrected chi connectivity index (χ2v) is 16.5. The summed E-state index contributed by atoms with van der Waals surface area (Å²) in [6.45, 7) is 8.44. The lowest BCUT2D eigenvalue weighted by Gasteiger charge is -2.37. The zero-order valence-electron chi connectivity index (χ0n) is 20.3. The van der Waals surface area contributed by atoms with E-state index < -0.39 is 42.7 Å². The van der Waals surface area contributed by atoms with Gasteiger partial charge >= 0.3 is 0 Å². The predicted molar refractivity (Wildman–Crippen MR) is 125 cm³/mol. The first-order chi connectivity index (χ1) is 15.6. The van der Waals surface area contributed by atoms with E-state index in [1.807, 2.05) is 0 Å². The molecule has 4 unspecified atom stereocenters. The minimum atomic E-state index is -3.80. The van der Waals surface area contributed by atoms with E-state index in [1.54, 1.807) is 0 Å². The van der Waals surface area contributed by atoms with Gasteiger partial charge in [-0.2, -0.15) is 0 Å². The minimum Gasteiger partial charge on any atom is -0.269 e. The summed E-state index contributed by atoms with van der Waals surface area (Å²) in [6, 6.07) is -0.771. The van der Waals surface area contributed by atoms with Crippen LogP contribution < -0.4 is 0 Å². The topological polar surface area (TPSA) is 109 Å². The summed E-state index contributed by atoms with van der Waals surface area (Å²) in [4.78, 5) is 26.3. The maximum atomic E-state index is 13.2. The number of carbonyl (C=O) groups excluding carboxylic acids is 2. The summed E-state index contributed by atoms with van der Waals surface area (Å²) in [7, 11) is -7.60. The van der Waals surface area contributed by atoms with Crippen LogP contribution in [0.4, 0.5) is 0 Å². The van der Waals surface area contributed by atoms with Gasteiger partial charge < -0.3 is 0 Å². The van der Waals surface area contributed by atoms with Gasteiger partial charge in [-0.1, -0.05) is 27.7 Å². The van der Waals surface area contributed by atoms with Crippen molar-refractivity contribution >= 4 is 31.9 Å². The van der Waals surface area contributed by atoms with Crippen LogP contribution in [-0.2, 0) is 29.6 Å². The Bertz CT molecular complexity index is 1160. The zero-order valence-corrected chi connectivity index (χ0v) is 21.9. The molecule has 34 heavy (non-hydrogen) atoms. The molecule has 6 rings (SSSR count). The second kappa shape index (κ2) is 6.28. The molecule has 0 radical (unpaired) electrons. The average molecular weight is 511 g/mol. The van der Waals surface area contributed by atoms with Gasteiger partial charge in [0.15, 0.2) is 0 Å². The Kier molecular flexibility index (Phi) is 4.25. The molecule has 4 bridgehead atoms. The number of fused-ring (bicyclic) bond motifs is 2. The van der Waals surface area contributed by atoms with Crippen molar-refractivity contribution < 1.29 is 26.4 Å². The molecule has 0 aromatic heterocycles. The molecule has 0 N–H and O–H groups in total. The van der Waals surface area contributed by atoms with Crippen LogP contribution in [0.2, 0.25) is 0 Å². The van der Waals surface area contributed by atoms with E-state index in [0.29, 0.717) is 24.7 Å². The lowest BCUT2D eigenvalue weighted by Crippen LogP contribution is -2.44. The van der Waals surface area contributed by atoms with Gasteiger partial charge in [-0.25, -0.2) is 25.4 Å². The van der Waals surface area contributed by atoms with Gasteiger partial charge in [0.25, 0.3) is 11.8 Å². The molecular formula is C24H34N2O6S2. The maximum Gasteiger partial charge on any atom is 0.260 e. The summed E-state index contributed by atoms with van der Waals surface area (Å²) in [6.07, 6.45) is 6.79. The maximum absolute atomic E-state index is 13.2. The van der Waals surface area contributed by atoms with Crippen LogP contribution in [0.3, 0.4) is 0 Å². The molecule has 4 saturated carbocycles. The van der Waals surface area contributed by atoms with Crippen LogP contribution in [-0.4, -0.2) is 60.8 Å². The van der Waals surface area contributed by atoms with E-state index in [2.05, 4.69) is 27.7 Å². The van der Waals surface area contributed by atoms with Crippen molar-refractivity contribution in [2.75, 3.05) is 11.5 Å². The van der Waals surface area contributed by atoms with Crippen molar-refractivity contribution in [1.82, 2.24) is 8.61 Å². The van der Waals surface area contributed by atoms with Gasteiger partial charge in [0, 0.05) is 23.0 Å². The first-order valence-corrected chi connectivity index (χ1v) is 15.6. The lowest BCUT2D eigenvalue weighted by molar-refractivity contribution is -0.126. The molecule has 8 nitrogen and oxygen atoms in total. The fraction of sp³-hybridized carbons (Fsp3) is 0.833. The minimum absolute atomic E-state index is 0.0384. The number of hydrogen-bond acceptors (Lipinski definition) is 6. The molecular weight excluding hydrogens is 476 g/mol. The first kappa shape index (κ1) is 23.0. The van der Waals surface area contributed by atoms with Crippen LogP contribution in [0.1, 0.15) is 66.2 Å². The third kappa shape index (κ3) is 2.40. The van der Waals surface area contributed by atoms with Gasteiger partial charge in [0.05, 0.1) is 23.6 Å². The molecule has 0 aromatic carbocycles. The van der Waals surface area contributed by atoms with Crippen molar-refractivity contribution in [3.8, 4) is 0 Å². The summed E-state index contributed by atoms with van der Waals surface area (Å²) >= 11 is 0. The molecule has 2 spiro atoms. The largest absolute Gasteiger partial charge is 0.269 e. The fourth-order valence-electron chi connectivity index (χ4n) is 9.45. The van der Waals surface area contributed by atoms with Crippen LogP contribution in [0.25, 0.3) is 0 Å². The Morgan fingerprint density at radius 1 is 0.706 bits per heavy atom. The predicted octanol–water partition coefficient (Wildman–Crippen LogP) is 2.28. The highest BCUT2D eigenvalue weighted by Crippen LogP contribution is 2.71. The molecule has 10 heteroatoms. The van der Waals surface area contributed by atoms with E-state index in [0.717, 1.165) is 46.4 Å². The van der Waals surface area contributed by atoms with Crippen molar-refractivity contribution in [1.29, 1.82) is 0 Å². The number of hydrogen-bond donors (Lipinski definition) is 0. The fourth-order valence-corrected chi connectivity index (χ4v) is 14.5. The van der Waals surface area contributed by atoms with Crippen LogP contribution >= 0.6 is 0 Å². The molecule has 188 valence electrons.